The summed E-state index contributed by atoms with van der Waals surface area (Å²) in [5, 5.41) is 3.41. The van der Waals surface area contributed by atoms with Gasteiger partial charge in [-0.25, -0.2) is 4.98 Å². The van der Waals surface area contributed by atoms with E-state index in [1.54, 1.807) is 7.11 Å². The molecule has 4 nitrogen and oxygen atoms in total. The first-order chi connectivity index (χ1) is 9.11. The molecular formula is C15H27N3O. The van der Waals surface area contributed by atoms with Crippen LogP contribution in [0.3, 0.4) is 0 Å². The molecule has 2 rings (SSSR count). The molecule has 0 spiro atoms. The van der Waals surface area contributed by atoms with Crippen molar-refractivity contribution in [2.45, 2.75) is 46.7 Å². The van der Waals surface area contributed by atoms with Crippen molar-refractivity contribution in [1.29, 1.82) is 0 Å². The van der Waals surface area contributed by atoms with Crippen LogP contribution in [0, 0.1) is 11.8 Å². The number of hydrogen-bond acceptors (Lipinski definition) is 3. The van der Waals surface area contributed by atoms with E-state index in [4.69, 9.17) is 9.72 Å². The van der Waals surface area contributed by atoms with E-state index in [0.29, 0.717) is 11.8 Å². The van der Waals surface area contributed by atoms with Crippen LogP contribution >= 0.6 is 0 Å². The van der Waals surface area contributed by atoms with Crippen molar-refractivity contribution in [1.82, 2.24) is 14.9 Å². The van der Waals surface area contributed by atoms with Crippen LogP contribution in [0.4, 0.5) is 0 Å². The van der Waals surface area contributed by atoms with Crippen LogP contribution in [0.5, 0.6) is 0 Å². The van der Waals surface area contributed by atoms with Gasteiger partial charge in [0.05, 0.1) is 12.3 Å². The zero-order valence-electron chi connectivity index (χ0n) is 12.7. The van der Waals surface area contributed by atoms with Crippen LogP contribution < -0.4 is 5.32 Å². The van der Waals surface area contributed by atoms with Gasteiger partial charge in [-0.1, -0.05) is 20.8 Å². The molecule has 0 fully saturated rings. The van der Waals surface area contributed by atoms with Crippen molar-refractivity contribution in [3.8, 4) is 0 Å². The van der Waals surface area contributed by atoms with Crippen LogP contribution in [-0.2, 0) is 30.7 Å². The summed E-state index contributed by atoms with van der Waals surface area (Å²) in [6.07, 6.45) is 2.16. The van der Waals surface area contributed by atoms with Crippen molar-refractivity contribution in [2.75, 3.05) is 20.3 Å². The molecule has 0 radical (unpaired) electrons. The van der Waals surface area contributed by atoms with Crippen molar-refractivity contribution in [2.24, 2.45) is 11.8 Å². The Morgan fingerprint density at radius 3 is 2.84 bits per heavy atom. The fourth-order valence-corrected chi connectivity index (χ4v) is 2.81. The monoisotopic (exact) mass is 265 g/mol. The topological polar surface area (TPSA) is 39.1 Å². The van der Waals surface area contributed by atoms with Gasteiger partial charge in [-0.15, -0.1) is 0 Å². The third kappa shape index (κ3) is 3.57. The van der Waals surface area contributed by atoms with Gasteiger partial charge in [-0.2, -0.15) is 0 Å². The maximum Gasteiger partial charge on any atom is 0.109 e. The minimum absolute atomic E-state index is 0.532. The summed E-state index contributed by atoms with van der Waals surface area (Å²) in [5.41, 5.74) is 2.70. The third-order valence-corrected chi connectivity index (χ3v) is 3.60. The van der Waals surface area contributed by atoms with Gasteiger partial charge in [0.1, 0.15) is 5.82 Å². The highest BCUT2D eigenvalue weighted by Crippen LogP contribution is 2.20. The zero-order valence-corrected chi connectivity index (χ0v) is 12.7. The highest BCUT2D eigenvalue weighted by atomic mass is 16.5. The van der Waals surface area contributed by atoms with E-state index in [2.05, 4.69) is 30.7 Å². The van der Waals surface area contributed by atoms with Crippen LogP contribution in [-0.4, -0.2) is 29.8 Å². The van der Waals surface area contributed by atoms with E-state index in [0.717, 1.165) is 39.1 Å². The summed E-state index contributed by atoms with van der Waals surface area (Å²) >= 11 is 0. The Kier molecular flexibility index (Phi) is 4.99. The lowest BCUT2D eigenvalue weighted by atomic mass is 10.1. The molecule has 1 aliphatic heterocycles. The third-order valence-electron chi connectivity index (χ3n) is 3.60. The Morgan fingerprint density at radius 1 is 1.37 bits per heavy atom. The van der Waals surface area contributed by atoms with Crippen LogP contribution in [0.25, 0.3) is 0 Å². The molecule has 0 amide bonds. The van der Waals surface area contributed by atoms with Crippen molar-refractivity contribution in [3.05, 3.63) is 17.2 Å². The summed E-state index contributed by atoms with van der Waals surface area (Å²) in [4.78, 5) is 4.86. The maximum absolute atomic E-state index is 5.27. The quantitative estimate of drug-likeness (QED) is 0.855. The number of ether oxygens (including phenoxy) is 1. The minimum Gasteiger partial charge on any atom is -0.384 e. The molecule has 1 aromatic heterocycles. The largest absolute Gasteiger partial charge is 0.384 e. The molecule has 108 valence electrons. The molecule has 0 bridgehead atoms. The molecule has 1 N–H and O–H groups in total. The maximum atomic E-state index is 5.27. The van der Waals surface area contributed by atoms with Gasteiger partial charge in [0.25, 0.3) is 0 Å². The summed E-state index contributed by atoms with van der Waals surface area (Å²) < 4.78 is 7.73. The van der Waals surface area contributed by atoms with E-state index in [1.165, 1.54) is 17.2 Å². The van der Waals surface area contributed by atoms with Gasteiger partial charge in [-0.3, -0.25) is 0 Å². The van der Waals surface area contributed by atoms with Gasteiger partial charge in [-0.05, 0) is 11.8 Å². The van der Waals surface area contributed by atoms with Gasteiger partial charge in [0, 0.05) is 45.3 Å². The molecular weight excluding hydrogens is 238 g/mol. The van der Waals surface area contributed by atoms with Crippen LogP contribution in [0.15, 0.2) is 0 Å². The second-order valence-corrected chi connectivity index (χ2v) is 6.12. The van der Waals surface area contributed by atoms with Crippen molar-refractivity contribution < 1.29 is 4.74 Å². The zero-order chi connectivity index (χ0) is 13.8. The van der Waals surface area contributed by atoms with E-state index < -0.39 is 0 Å². The molecule has 1 unspecified atom stereocenters. The average molecular weight is 265 g/mol. The predicted molar refractivity (Wildman–Crippen MR) is 77.2 cm³/mol. The van der Waals surface area contributed by atoms with E-state index in [1.807, 2.05) is 0 Å². The molecule has 19 heavy (non-hydrogen) atoms. The number of aromatic nitrogens is 2. The van der Waals surface area contributed by atoms with Gasteiger partial charge in [0.2, 0.25) is 0 Å². The second-order valence-electron chi connectivity index (χ2n) is 6.12. The minimum atomic E-state index is 0.532. The average Bonchev–Trinajstić information content (AvgIpc) is 2.67. The number of imidazole rings is 1. The first-order valence-corrected chi connectivity index (χ1v) is 7.38. The molecule has 0 aliphatic carbocycles. The Labute approximate surface area is 116 Å². The van der Waals surface area contributed by atoms with Gasteiger partial charge >= 0.3 is 0 Å². The molecule has 1 aromatic rings. The normalized spacial score (nSPS) is 16.7. The predicted octanol–water partition coefficient (Wildman–Crippen LogP) is 2.01. The summed E-state index contributed by atoms with van der Waals surface area (Å²) in [6.45, 7) is 10.6. The molecule has 0 saturated carbocycles. The Hall–Kier alpha value is -0.870. The molecule has 0 aromatic carbocycles. The number of rotatable bonds is 6. The lowest BCUT2D eigenvalue weighted by molar-refractivity contribution is 0.150. The smallest absolute Gasteiger partial charge is 0.109 e. The Balaban J connectivity index is 2.23. The highest BCUT2D eigenvalue weighted by molar-refractivity contribution is 5.20. The van der Waals surface area contributed by atoms with Gasteiger partial charge in [0.15, 0.2) is 0 Å². The fourth-order valence-electron chi connectivity index (χ4n) is 2.81. The van der Waals surface area contributed by atoms with E-state index in [9.17, 15) is 0 Å². The lowest BCUT2D eigenvalue weighted by Gasteiger charge is -2.19. The Morgan fingerprint density at radius 2 is 2.16 bits per heavy atom. The SMILES string of the molecule is COCC(C)Cn1c(CC(C)C)nc2c1CCNC2. The number of methoxy groups -OCH3 is 1. The van der Waals surface area contributed by atoms with Crippen molar-refractivity contribution in [3.63, 3.8) is 0 Å². The first kappa shape index (κ1) is 14.5. The standard InChI is InChI=1S/C15H27N3O/c1-11(2)7-15-17-13-8-16-6-5-14(13)18(15)9-12(3)10-19-4/h11-12,16H,5-10H2,1-4H3. The molecule has 2 heterocycles. The number of hydrogen-bond donors (Lipinski definition) is 1. The summed E-state index contributed by atoms with van der Waals surface area (Å²) in [5.74, 6) is 2.43. The number of fused-ring (bicyclic) bond motifs is 1. The number of nitrogens with zero attached hydrogens (tertiary/aromatic N) is 2. The highest BCUT2D eigenvalue weighted by Gasteiger charge is 2.21. The first-order valence-electron chi connectivity index (χ1n) is 7.38. The van der Waals surface area contributed by atoms with Crippen LogP contribution in [0.1, 0.15) is 38.0 Å². The Bertz CT molecular complexity index is 412. The molecule has 0 saturated heterocycles. The van der Waals surface area contributed by atoms with E-state index >= 15 is 0 Å². The summed E-state index contributed by atoms with van der Waals surface area (Å²) in [6, 6.07) is 0. The second kappa shape index (κ2) is 6.53. The van der Waals surface area contributed by atoms with E-state index in [-0.39, 0.29) is 0 Å². The molecule has 1 atom stereocenters. The lowest BCUT2D eigenvalue weighted by Crippen LogP contribution is -2.26. The fraction of sp³-hybridized carbons (Fsp3) is 0.800. The summed E-state index contributed by atoms with van der Waals surface area (Å²) in [7, 11) is 1.78. The van der Waals surface area contributed by atoms with Crippen LogP contribution in [0.2, 0.25) is 0 Å². The molecule has 1 aliphatic rings. The van der Waals surface area contributed by atoms with Crippen molar-refractivity contribution >= 4 is 0 Å². The van der Waals surface area contributed by atoms with Gasteiger partial charge < -0.3 is 14.6 Å². The molecule has 4 heteroatoms. The number of nitrogens with one attached hydrogen (secondary N) is 1.